The Morgan fingerprint density at radius 1 is 1.23 bits per heavy atom. The molecule has 2 amide bonds. The number of hydrogen-bond donors (Lipinski definition) is 0. The first-order valence-electron chi connectivity index (χ1n) is 9.46. The first-order valence-corrected chi connectivity index (χ1v) is 9.46. The molecule has 1 aromatic carbocycles. The molecule has 0 aromatic heterocycles. The molecule has 1 atom stereocenters. The molecule has 0 radical (unpaired) electrons. The molecule has 4 nitrogen and oxygen atoms in total. The monoisotopic (exact) mass is 364 g/mol. The van der Waals surface area contributed by atoms with Gasteiger partial charge in [0, 0.05) is 44.1 Å². The lowest BCUT2D eigenvalue weighted by Gasteiger charge is -2.48. The van der Waals surface area contributed by atoms with Crippen LogP contribution in [0.1, 0.15) is 55.8 Å². The van der Waals surface area contributed by atoms with Crippen molar-refractivity contribution >= 4 is 11.8 Å². The Balaban J connectivity index is 1.74. The second-order valence-electron chi connectivity index (χ2n) is 7.62. The SMILES string of the molecule is CCCCN1C[C@]2(CCCN(C(=O)c3ccc(F)cc3F)C2)CCC1=O. The highest BCUT2D eigenvalue weighted by atomic mass is 19.1. The maximum Gasteiger partial charge on any atom is 0.256 e. The van der Waals surface area contributed by atoms with Crippen LogP contribution in [0, 0.1) is 17.0 Å². The number of hydrogen-bond acceptors (Lipinski definition) is 2. The lowest BCUT2D eigenvalue weighted by Crippen LogP contribution is -2.55. The van der Waals surface area contributed by atoms with Crippen LogP contribution in [0.25, 0.3) is 0 Å². The van der Waals surface area contributed by atoms with Gasteiger partial charge in [0.1, 0.15) is 11.6 Å². The summed E-state index contributed by atoms with van der Waals surface area (Å²) in [6.07, 6.45) is 5.10. The number of nitrogens with zero attached hydrogens (tertiary/aromatic N) is 2. The molecular formula is C20H26F2N2O2. The molecule has 2 saturated heterocycles. The molecule has 1 aromatic rings. The summed E-state index contributed by atoms with van der Waals surface area (Å²) in [5.74, 6) is -1.71. The molecule has 2 heterocycles. The van der Waals surface area contributed by atoms with E-state index in [1.165, 1.54) is 6.07 Å². The Morgan fingerprint density at radius 3 is 2.77 bits per heavy atom. The first-order chi connectivity index (χ1) is 12.4. The minimum atomic E-state index is -0.821. The highest BCUT2D eigenvalue weighted by Crippen LogP contribution is 2.39. The van der Waals surface area contributed by atoms with Gasteiger partial charge in [0.15, 0.2) is 0 Å². The van der Waals surface area contributed by atoms with Crippen molar-refractivity contribution in [3.63, 3.8) is 0 Å². The number of halogens is 2. The van der Waals surface area contributed by atoms with Gasteiger partial charge in [-0.2, -0.15) is 0 Å². The van der Waals surface area contributed by atoms with Crippen LogP contribution < -0.4 is 0 Å². The minimum Gasteiger partial charge on any atom is -0.342 e. The molecule has 26 heavy (non-hydrogen) atoms. The van der Waals surface area contributed by atoms with Gasteiger partial charge in [0.2, 0.25) is 5.91 Å². The lowest BCUT2D eigenvalue weighted by atomic mass is 9.73. The van der Waals surface area contributed by atoms with E-state index in [9.17, 15) is 18.4 Å². The van der Waals surface area contributed by atoms with Crippen LogP contribution in [0.2, 0.25) is 0 Å². The summed E-state index contributed by atoms with van der Waals surface area (Å²) in [7, 11) is 0. The summed E-state index contributed by atoms with van der Waals surface area (Å²) >= 11 is 0. The fraction of sp³-hybridized carbons (Fsp3) is 0.600. The molecule has 0 aliphatic carbocycles. The van der Waals surface area contributed by atoms with E-state index in [4.69, 9.17) is 0 Å². The van der Waals surface area contributed by atoms with Crippen LogP contribution in [-0.4, -0.2) is 47.8 Å². The van der Waals surface area contributed by atoms with E-state index >= 15 is 0 Å². The van der Waals surface area contributed by atoms with Gasteiger partial charge in [0.05, 0.1) is 5.56 Å². The molecule has 0 unspecified atom stereocenters. The molecule has 2 aliphatic rings. The van der Waals surface area contributed by atoms with Crippen LogP contribution in [-0.2, 0) is 4.79 Å². The van der Waals surface area contributed by atoms with Crippen LogP contribution in [0.15, 0.2) is 18.2 Å². The average Bonchev–Trinajstić information content (AvgIpc) is 2.62. The van der Waals surface area contributed by atoms with Gasteiger partial charge in [-0.1, -0.05) is 13.3 Å². The summed E-state index contributed by atoms with van der Waals surface area (Å²) in [5.41, 5.74) is -0.190. The fourth-order valence-corrected chi connectivity index (χ4v) is 4.20. The zero-order valence-electron chi connectivity index (χ0n) is 15.3. The molecule has 1 spiro atoms. The maximum absolute atomic E-state index is 14.0. The fourth-order valence-electron chi connectivity index (χ4n) is 4.20. The van der Waals surface area contributed by atoms with Crippen molar-refractivity contribution in [1.29, 1.82) is 0 Å². The van der Waals surface area contributed by atoms with Gasteiger partial charge in [-0.15, -0.1) is 0 Å². The van der Waals surface area contributed by atoms with Gasteiger partial charge in [0.25, 0.3) is 5.91 Å². The summed E-state index contributed by atoms with van der Waals surface area (Å²) in [6.45, 7) is 4.63. The lowest BCUT2D eigenvalue weighted by molar-refractivity contribution is -0.139. The summed E-state index contributed by atoms with van der Waals surface area (Å²) in [5, 5.41) is 0. The van der Waals surface area contributed by atoms with Crippen molar-refractivity contribution in [1.82, 2.24) is 9.80 Å². The van der Waals surface area contributed by atoms with E-state index < -0.39 is 17.5 Å². The predicted octanol–water partition coefficient (Wildman–Crippen LogP) is 3.61. The standard InChI is InChI=1S/C20H26F2N2O2/c1-2-3-10-23-13-20(9-7-18(23)25)8-4-11-24(14-20)19(26)16-6-5-15(21)12-17(16)22/h5-6,12H,2-4,7-11,13-14H2,1H3/t20-/m0/s1. The summed E-state index contributed by atoms with van der Waals surface area (Å²) in [4.78, 5) is 28.6. The Kier molecular flexibility index (Phi) is 5.58. The first kappa shape index (κ1) is 18.8. The van der Waals surface area contributed by atoms with Crippen molar-refractivity contribution in [2.75, 3.05) is 26.2 Å². The van der Waals surface area contributed by atoms with E-state index in [1.54, 1.807) is 4.90 Å². The summed E-state index contributed by atoms with van der Waals surface area (Å²) < 4.78 is 27.1. The molecule has 0 saturated carbocycles. The normalized spacial score (nSPS) is 23.6. The predicted molar refractivity (Wildman–Crippen MR) is 94.7 cm³/mol. The number of amides is 2. The maximum atomic E-state index is 14.0. The Morgan fingerprint density at radius 2 is 2.04 bits per heavy atom. The highest BCUT2D eigenvalue weighted by molar-refractivity contribution is 5.94. The van der Waals surface area contributed by atoms with Gasteiger partial charge >= 0.3 is 0 Å². The third kappa shape index (κ3) is 3.89. The molecule has 2 fully saturated rings. The largest absolute Gasteiger partial charge is 0.342 e. The van der Waals surface area contributed by atoms with Gasteiger partial charge < -0.3 is 9.80 Å². The Hall–Kier alpha value is -1.98. The Labute approximate surface area is 153 Å². The van der Waals surface area contributed by atoms with Crippen molar-refractivity contribution in [2.45, 2.75) is 45.4 Å². The quantitative estimate of drug-likeness (QED) is 0.819. The zero-order chi connectivity index (χ0) is 18.7. The van der Waals surface area contributed by atoms with E-state index in [-0.39, 0.29) is 16.9 Å². The average molecular weight is 364 g/mol. The highest BCUT2D eigenvalue weighted by Gasteiger charge is 2.42. The number of piperidine rings is 2. The van der Waals surface area contributed by atoms with Gasteiger partial charge in [-0.25, -0.2) is 8.78 Å². The molecule has 0 N–H and O–H groups in total. The molecule has 6 heteroatoms. The van der Waals surface area contributed by atoms with Crippen LogP contribution in [0.5, 0.6) is 0 Å². The van der Waals surface area contributed by atoms with E-state index in [0.717, 1.165) is 50.8 Å². The third-order valence-corrected chi connectivity index (χ3v) is 5.64. The van der Waals surface area contributed by atoms with Crippen LogP contribution >= 0.6 is 0 Å². The summed E-state index contributed by atoms with van der Waals surface area (Å²) in [6, 6.07) is 3.08. The Bertz CT molecular complexity index is 694. The van der Waals surface area contributed by atoms with Crippen LogP contribution in [0.3, 0.4) is 0 Å². The van der Waals surface area contributed by atoms with E-state index in [1.807, 2.05) is 4.90 Å². The number of benzene rings is 1. The molecule has 0 bridgehead atoms. The van der Waals surface area contributed by atoms with Crippen molar-refractivity contribution in [3.05, 3.63) is 35.4 Å². The number of unbranched alkanes of at least 4 members (excludes halogenated alkanes) is 1. The second kappa shape index (κ2) is 7.72. The van der Waals surface area contributed by atoms with Crippen molar-refractivity contribution in [2.24, 2.45) is 5.41 Å². The topological polar surface area (TPSA) is 40.6 Å². The number of rotatable bonds is 4. The second-order valence-corrected chi connectivity index (χ2v) is 7.62. The number of carbonyl (C=O) groups excluding carboxylic acids is 2. The number of carbonyl (C=O) groups is 2. The molecular weight excluding hydrogens is 338 g/mol. The van der Waals surface area contributed by atoms with Gasteiger partial charge in [-0.3, -0.25) is 9.59 Å². The minimum absolute atomic E-state index is 0.0850. The molecule has 142 valence electrons. The number of likely N-dealkylation sites (tertiary alicyclic amines) is 2. The van der Waals surface area contributed by atoms with Crippen molar-refractivity contribution in [3.8, 4) is 0 Å². The van der Waals surface area contributed by atoms with E-state index in [0.29, 0.717) is 26.1 Å². The molecule has 2 aliphatic heterocycles. The van der Waals surface area contributed by atoms with Crippen LogP contribution in [0.4, 0.5) is 8.78 Å². The zero-order valence-corrected chi connectivity index (χ0v) is 15.3. The van der Waals surface area contributed by atoms with Crippen molar-refractivity contribution < 1.29 is 18.4 Å². The third-order valence-electron chi connectivity index (χ3n) is 5.64. The molecule has 3 rings (SSSR count). The smallest absolute Gasteiger partial charge is 0.256 e. The van der Waals surface area contributed by atoms with Gasteiger partial charge in [-0.05, 0) is 37.8 Å². The van der Waals surface area contributed by atoms with E-state index in [2.05, 4.69) is 6.92 Å².